The van der Waals surface area contributed by atoms with Gasteiger partial charge in [-0.2, -0.15) is 5.26 Å². The number of nitrogens with zero attached hydrogens (tertiary/aromatic N) is 3. The van der Waals surface area contributed by atoms with Gasteiger partial charge in [0.1, 0.15) is 11.4 Å². The van der Waals surface area contributed by atoms with E-state index >= 15 is 0 Å². The summed E-state index contributed by atoms with van der Waals surface area (Å²) in [6.07, 6.45) is 1.50. The van der Waals surface area contributed by atoms with Gasteiger partial charge >= 0.3 is 0 Å². The third kappa shape index (κ3) is 3.14. The normalized spacial score (nSPS) is 29.9. The standard InChI is InChI=1S/C26H23BrClN3O2/c1-31(2)15-20-21(13-29)25(32)24-22(12-19(28)14-30-24)33-26(25,17-8-10-18(27)11-9-17)23(20)16-6-4-3-5-7-16/h3-12,14,20-21,23,32H,15H2,1-2H3/t20-,21+,23+,25+,26-/m0/s1. The van der Waals surface area contributed by atoms with E-state index < -0.39 is 17.1 Å². The van der Waals surface area contributed by atoms with Crippen LogP contribution < -0.4 is 4.74 Å². The van der Waals surface area contributed by atoms with Crippen LogP contribution in [-0.2, 0) is 11.2 Å². The van der Waals surface area contributed by atoms with E-state index in [2.05, 4.69) is 31.9 Å². The van der Waals surface area contributed by atoms with Gasteiger partial charge in [-0.05, 0) is 37.4 Å². The molecule has 1 aliphatic carbocycles. The highest BCUT2D eigenvalue weighted by molar-refractivity contribution is 9.10. The Morgan fingerprint density at radius 1 is 1.18 bits per heavy atom. The van der Waals surface area contributed by atoms with Crippen LogP contribution in [0, 0.1) is 23.2 Å². The minimum absolute atomic E-state index is 0.216. The molecular weight excluding hydrogens is 502 g/mol. The molecule has 0 saturated heterocycles. The van der Waals surface area contributed by atoms with E-state index in [1.807, 2.05) is 68.7 Å². The van der Waals surface area contributed by atoms with Crippen LogP contribution in [0.3, 0.4) is 0 Å². The van der Waals surface area contributed by atoms with E-state index in [0.717, 1.165) is 15.6 Å². The first kappa shape index (κ1) is 22.4. The van der Waals surface area contributed by atoms with Gasteiger partial charge in [-0.15, -0.1) is 0 Å². The number of rotatable bonds is 4. The molecule has 33 heavy (non-hydrogen) atoms. The second-order valence-corrected chi connectivity index (χ2v) is 10.4. The zero-order chi connectivity index (χ0) is 23.4. The molecular formula is C26H23BrClN3O2. The molecule has 7 heteroatoms. The van der Waals surface area contributed by atoms with Gasteiger partial charge < -0.3 is 14.7 Å². The van der Waals surface area contributed by atoms with Crippen molar-refractivity contribution in [3.05, 3.63) is 93.2 Å². The maximum atomic E-state index is 12.6. The van der Waals surface area contributed by atoms with E-state index in [1.54, 1.807) is 6.07 Å². The Kier molecular flexibility index (Phi) is 5.49. The number of benzene rings is 2. The molecule has 2 aromatic carbocycles. The molecule has 1 saturated carbocycles. The third-order valence-electron chi connectivity index (χ3n) is 6.91. The quantitative estimate of drug-likeness (QED) is 0.515. The minimum Gasteiger partial charge on any atom is -0.476 e. The van der Waals surface area contributed by atoms with Crippen molar-refractivity contribution in [3.63, 3.8) is 0 Å². The monoisotopic (exact) mass is 523 g/mol. The van der Waals surface area contributed by atoms with Crippen LogP contribution in [0.5, 0.6) is 5.75 Å². The van der Waals surface area contributed by atoms with Gasteiger partial charge in [-0.3, -0.25) is 4.98 Å². The number of ether oxygens (including phenoxy) is 1. The molecule has 2 heterocycles. The van der Waals surface area contributed by atoms with Crippen molar-refractivity contribution in [2.24, 2.45) is 11.8 Å². The summed E-state index contributed by atoms with van der Waals surface area (Å²) in [7, 11) is 3.96. The molecule has 3 aromatic rings. The summed E-state index contributed by atoms with van der Waals surface area (Å²) in [6, 6.07) is 21.9. The molecule has 1 fully saturated rings. The highest BCUT2D eigenvalue weighted by Gasteiger charge is 2.77. The van der Waals surface area contributed by atoms with E-state index in [0.29, 0.717) is 23.0 Å². The van der Waals surface area contributed by atoms with Crippen molar-refractivity contribution in [1.82, 2.24) is 9.88 Å². The van der Waals surface area contributed by atoms with Crippen molar-refractivity contribution in [3.8, 4) is 11.8 Å². The summed E-state index contributed by atoms with van der Waals surface area (Å²) in [5, 5.41) is 23.5. The van der Waals surface area contributed by atoms with Gasteiger partial charge in [-0.1, -0.05) is 70.0 Å². The number of pyridine rings is 1. The molecule has 0 unspecified atom stereocenters. The molecule has 5 rings (SSSR count). The van der Waals surface area contributed by atoms with Crippen LogP contribution in [0.2, 0.25) is 5.02 Å². The van der Waals surface area contributed by atoms with Crippen LogP contribution in [0.1, 0.15) is 22.7 Å². The number of aliphatic hydroxyl groups is 1. The average Bonchev–Trinajstić information content (AvgIpc) is 3.15. The molecule has 5 nitrogen and oxygen atoms in total. The molecule has 0 spiro atoms. The Morgan fingerprint density at radius 3 is 2.52 bits per heavy atom. The van der Waals surface area contributed by atoms with Crippen LogP contribution in [0.4, 0.5) is 0 Å². The summed E-state index contributed by atoms with van der Waals surface area (Å²) in [5.74, 6) is -0.877. The summed E-state index contributed by atoms with van der Waals surface area (Å²) in [5.41, 5.74) is -0.768. The van der Waals surface area contributed by atoms with Crippen molar-refractivity contribution >= 4 is 27.5 Å². The molecule has 5 atom stereocenters. The van der Waals surface area contributed by atoms with Crippen LogP contribution in [0.25, 0.3) is 0 Å². The van der Waals surface area contributed by atoms with Gasteiger partial charge in [0.05, 0.1) is 17.0 Å². The van der Waals surface area contributed by atoms with Crippen molar-refractivity contribution in [1.29, 1.82) is 5.26 Å². The largest absolute Gasteiger partial charge is 0.476 e. The first-order valence-electron chi connectivity index (χ1n) is 10.8. The van der Waals surface area contributed by atoms with Gasteiger partial charge in [-0.25, -0.2) is 0 Å². The smallest absolute Gasteiger partial charge is 0.177 e. The predicted molar refractivity (Wildman–Crippen MR) is 130 cm³/mol. The van der Waals surface area contributed by atoms with Crippen LogP contribution in [0.15, 0.2) is 71.3 Å². The van der Waals surface area contributed by atoms with Crippen molar-refractivity contribution in [2.45, 2.75) is 17.1 Å². The Bertz CT molecular complexity index is 1230. The predicted octanol–water partition coefficient (Wildman–Crippen LogP) is 5.09. The average molecular weight is 525 g/mol. The molecule has 168 valence electrons. The van der Waals surface area contributed by atoms with Gasteiger partial charge in [0.15, 0.2) is 11.2 Å². The van der Waals surface area contributed by atoms with Crippen LogP contribution in [-0.4, -0.2) is 35.6 Å². The summed E-state index contributed by atoms with van der Waals surface area (Å²) >= 11 is 9.77. The molecule has 1 aromatic heterocycles. The third-order valence-corrected chi connectivity index (χ3v) is 7.64. The van der Waals surface area contributed by atoms with E-state index in [-0.39, 0.29) is 11.8 Å². The molecule has 1 N–H and O–H groups in total. The Labute approximate surface area is 206 Å². The minimum atomic E-state index is -1.67. The lowest BCUT2D eigenvalue weighted by Crippen LogP contribution is -2.50. The van der Waals surface area contributed by atoms with Crippen LogP contribution >= 0.6 is 27.5 Å². The van der Waals surface area contributed by atoms with Gasteiger partial charge in [0.25, 0.3) is 0 Å². The Hall–Kier alpha value is -2.43. The first-order valence-corrected chi connectivity index (χ1v) is 11.9. The lowest BCUT2D eigenvalue weighted by molar-refractivity contribution is -0.120. The fourth-order valence-corrected chi connectivity index (χ4v) is 6.23. The van der Waals surface area contributed by atoms with Crippen molar-refractivity contribution in [2.75, 3.05) is 20.6 Å². The van der Waals surface area contributed by atoms with Gasteiger partial charge in [0, 0.05) is 35.1 Å². The molecule has 1 aliphatic heterocycles. The molecule has 0 amide bonds. The lowest BCUT2D eigenvalue weighted by atomic mass is 9.71. The molecule has 0 radical (unpaired) electrons. The van der Waals surface area contributed by atoms with E-state index in [1.165, 1.54) is 6.20 Å². The number of fused-ring (bicyclic) bond motifs is 3. The number of halogens is 2. The fraction of sp³-hybridized carbons (Fsp3) is 0.308. The Morgan fingerprint density at radius 2 is 1.88 bits per heavy atom. The highest BCUT2D eigenvalue weighted by Crippen LogP contribution is 2.70. The summed E-state index contributed by atoms with van der Waals surface area (Å²) in [4.78, 5) is 6.58. The second-order valence-electron chi connectivity index (χ2n) is 9.03. The zero-order valence-electron chi connectivity index (χ0n) is 18.2. The summed E-state index contributed by atoms with van der Waals surface area (Å²) < 4.78 is 7.67. The fourth-order valence-electron chi connectivity index (χ4n) is 5.81. The maximum absolute atomic E-state index is 12.6. The summed E-state index contributed by atoms with van der Waals surface area (Å²) in [6.45, 7) is 0.602. The Balaban J connectivity index is 1.87. The molecule has 2 aliphatic rings. The van der Waals surface area contributed by atoms with E-state index in [9.17, 15) is 10.4 Å². The maximum Gasteiger partial charge on any atom is 0.177 e. The van der Waals surface area contributed by atoms with Gasteiger partial charge in [0.2, 0.25) is 0 Å². The number of hydrogen-bond donors (Lipinski definition) is 1. The zero-order valence-corrected chi connectivity index (χ0v) is 20.6. The first-order chi connectivity index (χ1) is 15.8. The van der Waals surface area contributed by atoms with E-state index in [4.69, 9.17) is 16.3 Å². The highest BCUT2D eigenvalue weighted by atomic mass is 79.9. The second kappa shape index (κ2) is 8.11. The number of nitriles is 1. The SMILES string of the molecule is CN(C)C[C@H]1[C@@H](C#N)[C@@]2(O)c3ncc(Cl)cc3O[C@@]2(c2ccc(Br)cc2)[C@@H]1c1ccccc1. The number of hydrogen-bond acceptors (Lipinski definition) is 5. The number of aromatic nitrogens is 1. The molecule has 0 bridgehead atoms. The lowest BCUT2D eigenvalue weighted by Gasteiger charge is -2.40. The topological polar surface area (TPSA) is 69.4 Å². The van der Waals surface area contributed by atoms with Crippen molar-refractivity contribution < 1.29 is 9.84 Å².